The SMILES string of the molecule is COc1cc(CO)cc(Cl)c1OC1CCS(=O)(=O)C1. The molecule has 7 heteroatoms. The Bertz CT molecular complexity index is 570. The number of ether oxygens (including phenoxy) is 2. The largest absolute Gasteiger partial charge is 0.493 e. The lowest BCUT2D eigenvalue weighted by atomic mass is 10.2. The Morgan fingerprint density at radius 1 is 1.47 bits per heavy atom. The van der Waals surface area contributed by atoms with Gasteiger partial charge in [-0.05, 0) is 24.1 Å². The van der Waals surface area contributed by atoms with E-state index < -0.39 is 15.9 Å². The minimum atomic E-state index is -3.01. The minimum absolute atomic E-state index is 0.00572. The second-order valence-corrected chi connectivity index (χ2v) is 7.05. The van der Waals surface area contributed by atoms with Crippen LogP contribution in [0.2, 0.25) is 5.02 Å². The molecular weight excluding hydrogens is 292 g/mol. The first-order valence-electron chi connectivity index (χ1n) is 5.79. The molecule has 5 nitrogen and oxygen atoms in total. The van der Waals surface area contributed by atoms with Crippen molar-refractivity contribution >= 4 is 21.4 Å². The maximum atomic E-state index is 11.4. The van der Waals surface area contributed by atoms with E-state index in [9.17, 15) is 8.42 Å². The van der Waals surface area contributed by atoms with Crippen LogP contribution in [-0.4, -0.2) is 38.2 Å². The number of sulfone groups is 1. The molecule has 1 aromatic carbocycles. The average Bonchev–Trinajstić information content (AvgIpc) is 2.71. The molecule has 1 aliphatic heterocycles. The maximum absolute atomic E-state index is 11.4. The first-order chi connectivity index (χ1) is 8.95. The van der Waals surface area contributed by atoms with E-state index in [4.69, 9.17) is 26.2 Å². The number of benzene rings is 1. The van der Waals surface area contributed by atoms with Crippen molar-refractivity contribution in [3.63, 3.8) is 0 Å². The van der Waals surface area contributed by atoms with E-state index in [0.29, 0.717) is 28.5 Å². The predicted octanol–water partition coefficient (Wildman–Crippen LogP) is 1.41. The van der Waals surface area contributed by atoms with E-state index in [0.717, 1.165) is 0 Å². The summed E-state index contributed by atoms with van der Waals surface area (Å²) in [5.41, 5.74) is 0.605. The first kappa shape index (κ1) is 14.4. The highest BCUT2D eigenvalue weighted by atomic mass is 35.5. The molecule has 19 heavy (non-hydrogen) atoms. The maximum Gasteiger partial charge on any atom is 0.180 e. The van der Waals surface area contributed by atoms with Gasteiger partial charge in [-0.1, -0.05) is 11.6 Å². The molecule has 1 unspecified atom stereocenters. The Morgan fingerprint density at radius 3 is 2.74 bits per heavy atom. The summed E-state index contributed by atoms with van der Waals surface area (Å²) in [5.74, 6) is 0.838. The van der Waals surface area contributed by atoms with Gasteiger partial charge in [-0.2, -0.15) is 0 Å². The fourth-order valence-electron chi connectivity index (χ4n) is 2.00. The molecule has 0 bridgehead atoms. The van der Waals surface area contributed by atoms with Crippen molar-refractivity contribution in [1.82, 2.24) is 0 Å². The van der Waals surface area contributed by atoms with E-state index in [1.807, 2.05) is 0 Å². The average molecular weight is 307 g/mol. The predicted molar refractivity (Wildman–Crippen MR) is 71.6 cm³/mol. The Hall–Kier alpha value is -0.980. The van der Waals surface area contributed by atoms with Crippen LogP contribution in [0, 0.1) is 0 Å². The Morgan fingerprint density at radius 2 is 2.21 bits per heavy atom. The van der Waals surface area contributed by atoms with Crippen molar-refractivity contribution in [2.24, 2.45) is 0 Å². The molecular formula is C12H15ClO5S. The van der Waals surface area contributed by atoms with Gasteiger partial charge in [0.25, 0.3) is 0 Å². The summed E-state index contributed by atoms with van der Waals surface area (Å²) in [6.45, 7) is -0.159. The van der Waals surface area contributed by atoms with Crippen molar-refractivity contribution < 1.29 is 23.0 Å². The van der Waals surface area contributed by atoms with Crippen LogP contribution < -0.4 is 9.47 Å². The monoisotopic (exact) mass is 306 g/mol. The van der Waals surface area contributed by atoms with E-state index in [1.54, 1.807) is 12.1 Å². The lowest BCUT2D eigenvalue weighted by Gasteiger charge is -2.17. The van der Waals surface area contributed by atoms with Gasteiger partial charge in [-0.3, -0.25) is 0 Å². The zero-order chi connectivity index (χ0) is 14.0. The third kappa shape index (κ3) is 3.32. The van der Waals surface area contributed by atoms with Crippen LogP contribution in [0.1, 0.15) is 12.0 Å². The van der Waals surface area contributed by atoms with Crippen LogP contribution in [0.15, 0.2) is 12.1 Å². The van der Waals surface area contributed by atoms with Gasteiger partial charge in [0.1, 0.15) is 6.10 Å². The molecule has 1 N–H and O–H groups in total. The summed E-state index contributed by atoms with van der Waals surface area (Å²) >= 11 is 6.08. The van der Waals surface area contributed by atoms with E-state index in [1.165, 1.54) is 7.11 Å². The Balaban J connectivity index is 2.25. The summed E-state index contributed by atoms with van der Waals surface area (Å²) in [7, 11) is -1.55. The van der Waals surface area contributed by atoms with Crippen molar-refractivity contribution in [2.75, 3.05) is 18.6 Å². The number of hydrogen-bond acceptors (Lipinski definition) is 5. The second kappa shape index (κ2) is 5.56. The van der Waals surface area contributed by atoms with Crippen LogP contribution in [0.3, 0.4) is 0 Å². The highest BCUT2D eigenvalue weighted by Crippen LogP contribution is 2.38. The summed E-state index contributed by atoms with van der Waals surface area (Å²) in [6.07, 6.45) is 0.0419. The molecule has 1 atom stereocenters. The zero-order valence-corrected chi connectivity index (χ0v) is 12.0. The normalized spacial score (nSPS) is 21.3. The molecule has 0 amide bonds. The lowest BCUT2D eigenvalue weighted by molar-refractivity contribution is 0.217. The van der Waals surface area contributed by atoms with Crippen LogP contribution in [0.5, 0.6) is 11.5 Å². The van der Waals surface area contributed by atoms with Gasteiger partial charge in [0.2, 0.25) is 0 Å². The molecule has 1 heterocycles. The molecule has 0 radical (unpaired) electrons. The van der Waals surface area contributed by atoms with E-state index in [-0.39, 0.29) is 18.1 Å². The smallest absolute Gasteiger partial charge is 0.180 e. The second-order valence-electron chi connectivity index (χ2n) is 4.41. The topological polar surface area (TPSA) is 72.8 Å². The molecule has 0 saturated carbocycles. The van der Waals surface area contributed by atoms with Crippen molar-refractivity contribution in [3.8, 4) is 11.5 Å². The van der Waals surface area contributed by atoms with Gasteiger partial charge >= 0.3 is 0 Å². The number of methoxy groups -OCH3 is 1. The fraction of sp³-hybridized carbons (Fsp3) is 0.500. The number of aliphatic hydroxyl groups is 1. The fourth-order valence-corrected chi connectivity index (χ4v) is 3.87. The molecule has 1 aromatic rings. The number of hydrogen-bond donors (Lipinski definition) is 1. The molecule has 1 saturated heterocycles. The molecule has 1 fully saturated rings. The third-order valence-corrected chi connectivity index (χ3v) is 4.97. The molecule has 2 rings (SSSR count). The van der Waals surface area contributed by atoms with Gasteiger partial charge in [-0.15, -0.1) is 0 Å². The van der Waals surface area contributed by atoms with Crippen LogP contribution in [-0.2, 0) is 16.4 Å². The Labute approximate surface area is 117 Å². The highest BCUT2D eigenvalue weighted by Gasteiger charge is 2.30. The summed E-state index contributed by atoms with van der Waals surface area (Å²) in [5, 5.41) is 9.39. The van der Waals surface area contributed by atoms with Crippen molar-refractivity contribution in [1.29, 1.82) is 0 Å². The molecule has 0 aliphatic carbocycles. The summed E-state index contributed by atoms with van der Waals surface area (Å²) in [4.78, 5) is 0. The lowest BCUT2D eigenvalue weighted by Crippen LogP contribution is -2.18. The van der Waals surface area contributed by atoms with Gasteiger partial charge in [0.15, 0.2) is 21.3 Å². The standard InChI is InChI=1S/C12H15ClO5S/c1-17-11-5-8(6-14)4-10(13)12(11)18-9-2-3-19(15,16)7-9/h4-5,9,14H,2-3,6-7H2,1H3. The van der Waals surface area contributed by atoms with Crippen molar-refractivity contribution in [3.05, 3.63) is 22.7 Å². The number of halogens is 1. The molecule has 106 valence electrons. The molecule has 0 aromatic heterocycles. The van der Waals surface area contributed by atoms with Crippen LogP contribution in [0.4, 0.5) is 0 Å². The summed E-state index contributed by atoms with van der Waals surface area (Å²) in [6, 6.07) is 3.19. The van der Waals surface area contributed by atoms with Crippen molar-refractivity contribution in [2.45, 2.75) is 19.1 Å². The van der Waals surface area contributed by atoms with Crippen LogP contribution >= 0.6 is 11.6 Å². The third-order valence-electron chi connectivity index (χ3n) is 2.95. The van der Waals surface area contributed by atoms with Gasteiger partial charge in [0, 0.05) is 0 Å². The Kier molecular flexibility index (Phi) is 4.23. The van der Waals surface area contributed by atoms with Gasteiger partial charge in [0.05, 0.1) is 30.2 Å². The van der Waals surface area contributed by atoms with Crippen LogP contribution in [0.25, 0.3) is 0 Å². The first-order valence-corrected chi connectivity index (χ1v) is 7.99. The van der Waals surface area contributed by atoms with E-state index in [2.05, 4.69) is 0 Å². The number of rotatable bonds is 4. The molecule has 0 spiro atoms. The quantitative estimate of drug-likeness (QED) is 0.910. The molecule has 1 aliphatic rings. The van der Waals surface area contributed by atoms with E-state index >= 15 is 0 Å². The van der Waals surface area contributed by atoms with Gasteiger partial charge < -0.3 is 14.6 Å². The summed E-state index contributed by atoms with van der Waals surface area (Å²) < 4.78 is 33.6. The van der Waals surface area contributed by atoms with Gasteiger partial charge in [-0.25, -0.2) is 8.42 Å². The zero-order valence-electron chi connectivity index (χ0n) is 10.4. The number of aliphatic hydroxyl groups excluding tert-OH is 1. The highest BCUT2D eigenvalue weighted by molar-refractivity contribution is 7.91. The minimum Gasteiger partial charge on any atom is -0.493 e.